The molecule has 1 N–H and O–H groups in total. The fourth-order valence-corrected chi connectivity index (χ4v) is 1.96. The molecule has 0 saturated heterocycles. The Kier molecular flexibility index (Phi) is 3.72. The Bertz CT molecular complexity index is 559. The minimum Gasteiger partial charge on any atom is -0.452 e. The van der Waals surface area contributed by atoms with Crippen LogP contribution >= 0.6 is 11.6 Å². The van der Waals surface area contributed by atoms with Crippen LogP contribution in [-0.2, 0) is 20.0 Å². The maximum atomic E-state index is 11.8. The number of carbonyl (C=O) groups excluding carboxylic acids is 1. The lowest BCUT2D eigenvalue weighted by atomic mass is 10.2. The van der Waals surface area contributed by atoms with Crippen LogP contribution < -0.4 is 5.32 Å². The lowest BCUT2D eigenvalue weighted by Gasteiger charge is -2.03. The van der Waals surface area contributed by atoms with E-state index in [1.54, 1.807) is 10.7 Å². The number of rotatable bonds is 4. The first-order valence-electron chi connectivity index (χ1n) is 5.64. The van der Waals surface area contributed by atoms with Gasteiger partial charge in [-0.1, -0.05) is 6.92 Å². The molecule has 0 aliphatic carbocycles. The van der Waals surface area contributed by atoms with Crippen molar-refractivity contribution in [2.75, 3.05) is 0 Å². The Labute approximate surface area is 110 Å². The Morgan fingerprint density at radius 2 is 2.39 bits per heavy atom. The van der Waals surface area contributed by atoms with Gasteiger partial charge < -0.3 is 9.73 Å². The van der Waals surface area contributed by atoms with Crippen LogP contribution in [0.5, 0.6) is 0 Å². The maximum Gasteiger partial charge on any atom is 0.256 e. The zero-order valence-electron chi connectivity index (χ0n) is 10.2. The summed E-state index contributed by atoms with van der Waals surface area (Å²) in [5.41, 5.74) is 2.34. The van der Waals surface area contributed by atoms with Gasteiger partial charge in [-0.15, -0.1) is 0 Å². The second-order valence-electron chi connectivity index (χ2n) is 3.92. The molecule has 0 unspecified atom stereocenters. The first kappa shape index (κ1) is 12.7. The molecule has 0 aliphatic rings. The number of hydrogen-bond acceptors (Lipinski definition) is 3. The molecule has 2 rings (SSSR count). The van der Waals surface area contributed by atoms with Crippen LogP contribution in [0.4, 0.5) is 0 Å². The van der Waals surface area contributed by atoms with Crippen molar-refractivity contribution in [3.63, 3.8) is 0 Å². The van der Waals surface area contributed by atoms with Crippen molar-refractivity contribution in [3.8, 4) is 0 Å². The van der Waals surface area contributed by atoms with Crippen molar-refractivity contribution in [3.05, 3.63) is 40.6 Å². The van der Waals surface area contributed by atoms with Gasteiger partial charge in [0.25, 0.3) is 5.91 Å². The fraction of sp³-hybridized carbons (Fsp3) is 0.333. The standard InChI is InChI=1S/C12H14ClN3O2/c1-3-10-8(7-16(2)15-10)6-14-12(17)9-4-5-18-11(9)13/h4-5,7H,3,6H2,1-2H3,(H,14,17). The van der Waals surface area contributed by atoms with E-state index in [0.717, 1.165) is 17.7 Å². The van der Waals surface area contributed by atoms with Gasteiger partial charge in [0.1, 0.15) is 0 Å². The van der Waals surface area contributed by atoms with Gasteiger partial charge in [0.2, 0.25) is 5.22 Å². The van der Waals surface area contributed by atoms with Gasteiger partial charge in [0.15, 0.2) is 0 Å². The lowest BCUT2D eigenvalue weighted by Crippen LogP contribution is -2.22. The number of carbonyl (C=O) groups is 1. The van der Waals surface area contributed by atoms with Gasteiger partial charge in [-0.25, -0.2) is 0 Å². The first-order valence-corrected chi connectivity index (χ1v) is 6.02. The highest BCUT2D eigenvalue weighted by Gasteiger charge is 2.13. The molecule has 0 saturated carbocycles. The molecule has 2 aromatic heterocycles. The highest BCUT2D eigenvalue weighted by Crippen LogP contribution is 2.16. The molecule has 96 valence electrons. The van der Waals surface area contributed by atoms with Gasteiger partial charge in [0, 0.05) is 25.4 Å². The molecule has 2 heterocycles. The van der Waals surface area contributed by atoms with E-state index in [-0.39, 0.29) is 11.1 Å². The number of amides is 1. The van der Waals surface area contributed by atoms with E-state index in [1.807, 2.05) is 20.2 Å². The van der Waals surface area contributed by atoms with E-state index >= 15 is 0 Å². The summed E-state index contributed by atoms with van der Waals surface area (Å²) < 4.78 is 6.62. The predicted molar refractivity (Wildman–Crippen MR) is 67.5 cm³/mol. The van der Waals surface area contributed by atoms with E-state index in [2.05, 4.69) is 10.4 Å². The highest BCUT2D eigenvalue weighted by molar-refractivity contribution is 6.32. The summed E-state index contributed by atoms with van der Waals surface area (Å²) in [5.74, 6) is -0.250. The Morgan fingerprint density at radius 1 is 1.61 bits per heavy atom. The number of nitrogens with zero attached hydrogens (tertiary/aromatic N) is 2. The molecule has 18 heavy (non-hydrogen) atoms. The van der Waals surface area contributed by atoms with E-state index in [1.165, 1.54) is 6.26 Å². The van der Waals surface area contributed by atoms with Crippen LogP contribution in [0.25, 0.3) is 0 Å². The molecule has 0 aromatic carbocycles. The number of nitrogens with one attached hydrogen (secondary N) is 1. The molecule has 5 nitrogen and oxygen atoms in total. The molecule has 0 radical (unpaired) electrons. The van der Waals surface area contributed by atoms with Crippen molar-refractivity contribution >= 4 is 17.5 Å². The van der Waals surface area contributed by atoms with Crippen molar-refractivity contribution in [1.82, 2.24) is 15.1 Å². The summed E-state index contributed by atoms with van der Waals surface area (Å²) in [6.07, 6.45) is 4.12. The zero-order chi connectivity index (χ0) is 13.1. The molecule has 0 spiro atoms. The molecular weight excluding hydrogens is 254 g/mol. The third-order valence-electron chi connectivity index (χ3n) is 2.63. The maximum absolute atomic E-state index is 11.8. The second kappa shape index (κ2) is 5.27. The Morgan fingerprint density at radius 3 is 3.00 bits per heavy atom. The Balaban J connectivity index is 2.03. The summed E-state index contributed by atoms with van der Waals surface area (Å²) in [6.45, 7) is 2.46. The van der Waals surface area contributed by atoms with Crippen molar-refractivity contribution in [1.29, 1.82) is 0 Å². The summed E-state index contributed by atoms with van der Waals surface area (Å²) in [4.78, 5) is 11.8. The van der Waals surface area contributed by atoms with Gasteiger partial charge in [0.05, 0.1) is 17.5 Å². The van der Waals surface area contributed by atoms with Gasteiger partial charge in [-0.2, -0.15) is 5.10 Å². The summed E-state index contributed by atoms with van der Waals surface area (Å²) in [7, 11) is 1.86. The van der Waals surface area contributed by atoms with Crippen LogP contribution in [0.15, 0.2) is 22.9 Å². The van der Waals surface area contributed by atoms with Gasteiger partial charge >= 0.3 is 0 Å². The molecule has 0 fully saturated rings. The van der Waals surface area contributed by atoms with Crippen LogP contribution in [-0.4, -0.2) is 15.7 Å². The average Bonchev–Trinajstić information content (AvgIpc) is 2.92. The highest BCUT2D eigenvalue weighted by atomic mass is 35.5. The van der Waals surface area contributed by atoms with Crippen molar-refractivity contribution in [2.24, 2.45) is 7.05 Å². The third kappa shape index (κ3) is 2.56. The molecule has 0 aliphatic heterocycles. The minimum absolute atomic E-state index is 0.106. The first-order chi connectivity index (χ1) is 8.61. The monoisotopic (exact) mass is 267 g/mol. The number of furan rings is 1. The fourth-order valence-electron chi connectivity index (χ4n) is 1.76. The minimum atomic E-state index is -0.250. The Hall–Kier alpha value is -1.75. The molecule has 2 aromatic rings. The summed E-state index contributed by atoms with van der Waals surface area (Å²) in [5, 5.41) is 7.21. The summed E-state index contributed by atoms with van der Waals surface area (Å²) >= 11 is 5.74. The molecule has 0 bridgehead atoms. The smallest absolute Gasteiger partial charge is 0.256 e. The average molecular weight is 268 g/mol. The number of aryl methyl sites for hydroxylation is 2. The molecule has 1 amide bonds. The van der Waals surface area contributed by atoms with E-state index < -0.39 is 0 Å². The van der Waals surface area contributed by atoms with Gasteiger partial charge in [-0.05, 0) is 24.1 Å². The lowest BCUT2D eigenvalue weighted by molar-refractivity contribution is 0.0950. The SMILES string of the molecule is CCc1nn(C)cc1CNC(=O)c1ccoc1Cl. The molecule has 6 heteroatoms. The second-order valence-corrected chi connectivity index (χ2v) is 4.26. The van der Waals surface area contributed by atoms with Crippen LogP contribution in [0.1, 0.15) is 28.5 Å². The summed E-state index contributed by atoms with van der Waals surface area (Å²) in [6, 6.07) is 1.54. The third-order valence-corrected chi connectivity index (χ3v) is 2.92. The van der Waals surface area contributed by atoms with E-state index in [9.17, 15) is 4.79 Å². The largest absolute Gasteiger partial charge is 0.452 e. The number of aromatic nitrogens is 2. The number of halogens is 1. The zero-order valence-corrected chi connectivity index (χ0v) is 11.0. The van der Waals surface area contributed by atoms with Crippen molar-refractivity contribution < 1.29 is 9.21 Å². The normalized spacial score (nSPS) is 10.6. The molecular formula is C12H14ClN3O2. The van der Waals surface area contributed by atoms with Crippen LogP contribution in [0.2, 0.25) is 5.22 Å². The molecule has 0 atom stereocenters. The quantitative estimate of drug-likeness (QED) is 0.923. The topological polar surface area (TPSA) is 60.1 Å². The number of hydrogen-bond donors (Lipinski definition) is 1. The van der Waals surface area contributed by atoms with E-state index in [4.69, 9.17) is 16.0 Å². The van der Waals surface area contributed by atoms with Crippen LogP contribution in [0.3, 0.4) is 0 Å². The predicted octanol–water partition coefficient (Wildman–Crippen LogP) is 2.16. The van der Waals surface area contributed by atoms with E-state index in [0.29, 0.717) is 12.1 Å². The van der Waals surface area contributed by atoms with Crippen molar-refractivity contribution in [2.45, 2.75) is 19.9 Å². The van der Waals surface area contributed by atoms with Gasteiger partial charge in [-0.3, -0.25) is 9.48 Å². The van der Waals surface area contributed by atoms with Crippen LogP contribution in [0, 0.1) is 0 Å².